The molecular formula is C26H29P. The molecule has 138 valence electrons. The van der Waals surface area contributed by atoms with Crippen LogP contribution >= 0.6 is 7.92 Å². The molecule has 1 saturated carbocycles. The smallest absolute Gasteiger partial charge is 0.00600 e. The second-order valence-electron chi connectivity index (χ2n) is 7.70. The molecule has 3 aromatic rings. The van der Waals surface area contributed by atoms with E-state index < -0.39 is 0 Å². The predicted molar refractivity (Wildman–Crippen MR) is 120 cm³/mol. The van der Waals surface area contributed by atoms with Gasteiger partial charge in [0, 0.05) is 0 Å². The van der Waals surface area contributed by atoms with E-state index in [9.17, 15) is 0 Å². The standard InChI is InChI=1S/C26H29P/c1-5-13-22(14-6-1)21-26(23-15-7-2-8-16-23)27(24-17-9-3-10-18-24)25-19-11-4-12-20-25/h1,3-6,9-14,17-20,23,26H,2,7-8,15-16,21H2. The molecule has 0 aromatic heterocycles. The van der Waals surface area contributed by atoms with Crippen molar-refractivity contribution in [3.8, 4) is 0 Å². The lowest BCUT2D eigenvalue weighted by molar-refractivity contribution is 0.345. The Bertz CT molecular complexity index is 752. The molecule has 4 rings (SSSR count). The minimum atomic E-state index is -0.361. The van der Waals surface area contributed by atoms with Crippen LogP contribution in [0.5, 0.6) is 0 Å². The van der Waals surface area contributed by atoms with Crippen molar-refractivity contribution in [3.05, 3.63) is 96.6 Å². The molecule has 0 saturated heterocycles. The minimum Gasteiger partial charge on any atom is -0.0622 e. The number of hydrogen-bond donors (Lipinski definition) is 0. The van der Waals surface area contributed by atoms with Gasteiger partial charge < -0.3 is 0 Å². The van der Waals surface area contributed by atoms with Crippen LogP contribution in [0, 0.1) is 5.92 Å². The van der Waals surface area contributed by atoms with Gasteiger partial charge in [-0.3, -0.25) is 0 Å². The first-order chi connectivity index (χ1) is 13.4. The average Bonchev–Trinajstić information content (AvgIpc) is 2.76. The summed E-state index contributed by atoms with van der Waals surface area (Å²) in [5.41, 5.74) is 2.21. The SMILES string of the molecule is c1ccc(CC(C2CCCCC2)P(c2ccccc2)c2ccccc2)cc1. The largest absolute Gasteiger partial charge is 0.0622 e. The molecule has 1 aliphatic rings. The topological polar surface area (TPSA) is 0 Å². The summed E-state index contributed by atoms with van der Waals surface area (Å²) in [5.74, 6) is 0.838. The number of benzene rings is 3. The molecule has 1 heteroatoms. The molecule has 0 nitrogen and oxygen atoms in total. The Kier molecular flexibility index (Phi) is 6.38. The van der Waals surface area contributed by atoms with Gasteiger partial charge >= 0.3 is 0 Å². The summed E-state index contributed by atoms with van der Waals surface area (Å²) in [6, 6.07) is 33.8. The lowest BCUT2D eigenvalue weighted by atomic mass is 9.85. The molecule has 0 radical (unpaired) electrons. The lowest BCUT2D eigenvalue weighted by Crippen LogP contribution is -2.31. The van der Waals surface area contributed by atoms with E-state index in [-0.39, 0.29) is 7.92 Å². The summed E-state index contributed by atoms with van der Waals surface area (Å²) in [6.07, 6.45) is 8.22. The first kappa shape index (κ1) is 18.5. The zero-order valence-corrected chi connectivity index (χ0v) is 16.9. The van der Waals surface area contributed by atoms with Gasteiger partial charge in [0.15, 0.2) is 0 Å². The molecule has 0 amide bonds. The zero-order valence-electron chi connectivity index (χ0n) is 16.0. The Hall–Kier alpha value is -1.91. The normalized spacial score (nSPS) is 16.3. The fraction of sp³-hybridized carbons (Fsp3) is 0.308. The maximum atomic E-state index is 2.36. The van der Waals surface area contributed by atoms with Gasteiger partial charge in [0.1, 0.15) is 0 Å². The average molecular weight is 372 g/mol. The van der Waals surface area contributed by atoms with Crippen LogP contribution in [0.3, 0.4) is 0 Å². The third-order valence-corrected chi connectivity index (χ3v) is 8.86. The van der Waals surface area contributed by atoms with Crippen molar-refractivity contribution in [2.75, 3.05) is 0 Å². The van der Waals surface area contributed by atoms with Crippen LogP contribution < -0.4 is 10.6 Å². The molecule has 0 spiro atoms. The highest BCUT2D eigenvalue weighted by molar-refractivity contribution is 7.73. The van der Waals surface area contributed by atoms with Crippen LogP contribution in [0.25, 0.3) is 0 Å². The highest BCUT2D eigenvalue weighted by Crippen LogP contribution is 2.48. The Morgan fingerprint density at radius 1 is 0.630 bits per heavy atom. The molecule has 0 N–H and O–H groups in total. The summed E-state index contributed by atoms with van der Waals surface area (Å²) in [4.78, 5) is 0. The number of hydrogen-bond acceptors (Lipinski definition) is 0. The van der Waals surface area contributed by atoms with Crippen molar-refractivity contribution < 1.29 is 0 Å². The van der Waals surface area contributed by atoms with Crippen LogP contribution in [-0.2, 0) is 6.42 Å². The van der Waals surface area contributed by atoms with Crippen molar-refractivity contribution >= 4 is 18.5 Å². The van der Waals surface area contributed by atoms with E-state index in [1.165, 1.54) is 54.7 Å². The van der Waals surface area contributed by atoms with Crippen LogP contribution in [0.2, 0.25) is 0 Å². The van der Waals surface area contributed by atoms with Crippen molar-refractivity contribution in [3.63, 3.8) is 0 Å². The van der Waals surface area contributed by atoms with Gasteiger partial charge in [0.25, 0.3) is 0 Å². The highest BCUT2D eigenvalue weighted by Gasteiger charge is 2.32. The molecule has 0 bridgehead atoms. The Balaban J connectivity index is 1.75. The quantitative estimate of drug-likeness (QED) is 0.445. The lowest BCUT2D eigenvalue weighted by Gasteiger charge is -2.37. The molecule has 1 atom stereocenters. The van der Waals surface area contributed by atoms with Gasteiger partial charge in [-0.05, 0) is 54.9 Å². The van der Waals surface area contributed by atoms with E-state index in [2.05, 4.69) is 91.0 Å². The van der Waals surface area contributed by atoms with E-state index in [0.717, 1.165) is 5.92 Å². The maximum absolute atomic E-state index is 2.36. The molecule has 3 aromatic carbocycles. The third-order valence-electron chi connectivity index (χ3n) is 5.88. The first-order valence-electron chi connectivity index (χ1n) is 10.3. The minimum absolute atomic E-state index is 0.361. The molecule has 1 aliphatic carbocycles. The van der Waals surface area contributed by atoms with Crippen LogP contribution in [0.15, 0.2) is 91.0 Å². The molecule has 0 heterocycles. The molecule has 27 heavy (non-hydrogen) atoms. The highest BCUT2D eigenvalue weighted by atomic mass is 31.1. The maximum Gasteiger partial charge on any atom is -0.00600 e. The van der Waals surface area contributed by atoms with Gasteiger partial charge in [0.05, 0.1) is 0 Å². The molecular weight excluding hydrogens is 343 g/mol. The second-order valence-corrected chi connectivity index (χ2v) is 10.1. The monoisotopic (exact) mass is 372 g/mol. The Morgan fingerprint density at radius 2 is 1.11 bits per heavy atom. The van der Waals surface area contributed by atoms with Crippen LogP contribution in [0.4, 0.5) is 0 Å². The van der Waals surface area contributed by atoms with E-state index in [1.807, 2.05) is 0 Å². The van der Waals surface area contributed by atoms with E-state index in [1.54, 1.807) is 0 Å². The number of rotatable bonds is 6. The molecule has 1 unspecified atom stereocenters. The molecule has 1 fully saturated rings. The second kappa shape index (κ2) is 9.34. The summed E-state index contributed by atoms with van der Waals surface area (Å²) < 4.78 is 0. The van der Waals surface area contributed by atoms with Crippen LogP contribution in [0.1, 0.15) is 37.7 Å². The zero-order chi connectivity index (χ0) is 18.3. The Labute approximate surface area is 165 Å². The van der Waals surface area contributed by atoms with Gasteiger partial charge in [0.2, 0.25) is 0 Å². The van der Waals surface area contributed by atoms with Crippen molar-refractivity contribution in [2.45, 2.75) is 44.2 Å². The first-order valence-corrected chi connectivity index (χ1v) is 11.8. The van der Waals surface area contributed by atoms with E-state index in [0.29, 0.717) is 5.66 Å². The summed E-state index contributed by atoms with van der Waals surface area (Å²) >= 11 is 0. The third kappa shape index (κ3) is 4.69. The summed E-state index contributed by atoms with van der Waals surface area (Å²) in [5, 5.41) is 3.07. The van der Waals surface area contributed by atoms with Gasteiger partial charge in [-0.25, -0.2) is 0 Å². The Morgan fingerprint density at radius 3 is 1.63 bits per heavy atom. The summed E-state index contributed by atoms with van der Waals surface area (Å²) in [7, 11) is -0.361. The van der Waals surface area contributed by atoms with Gasteiger partial charge in [-0.2, -0.15) is 0 Å². The van der Waals surface area contributed by atoms with Gasteiger partial charge in [-0.15, -0.1) is 0 Å². The summed E-state index contributed by atoms with van der Waals surface area (Å²) in [6.45, 7) is 0. The van der Waals surface area contributed by atoms with E-state index in [4.69, 9.17) is 0 Å². The fourth-order valence-corrected chi connectivity index (χ4v) is 7.72. The van der Waals surface area contributed by atoms with Crippen LogP contribution in [-0.4, -0.2) is 5.66 Å². The van der Waals surface area contributed by atoms with Crippen molar-refractivity contribution in [1.29, 1.82) is 0 Å². The van der Waals surface area contributed by atoms with Gasteiger partial charge in [-0.1, -0.05) is 110 Å². The van der Waals surface area contributed by atoms with E-state index >= 15 is 0 Å². The fourth-order valence-electron chi connectivity index (χ4n) is 4.55. The predicted octanol–water partition coefficient (Wildman–Crippen LogP) is 6.31. The molecule has 0 aliphatic heterocycles. The van der Waals surface area contributed by atoms with Crippen molar-refractivity contribution in [2.24, 2.45) is 5.92 Å². The van der Waals surface area contributed by atoms with Crippen molar-refractivity contribution in [1.82, 2.24) is 0 Å².